The van der Waals surface area contributed by atoms with Gasteiger partial charge in [-0.1, -0.05) is 0 Å². The normalized spacial score (nSPS) is 20.8. The Kier molecular flexibility index (Phi) is 6.11. The van der Waals surface area contributed by atoms with Crippen LogP contribution in [0.3, 0.4) is 0 Å². The Hall–Kier alpha value is -1.66. The van der Waals surface area contributed by atoms with Crippen LogP contribution in [0.5, 0.6) is 0 Å². The summed E-state index contributed by atoms with van der Waals surface area (Å²) < 4.78 is 0. The van der Waals surface area contributed by atoms with Crippen molar-refractivity contribution < 1.29 is 9.59 Å². The molecule has 2 unspecified atom stereocenters. The number of aromatic nitrogens is 1. The molecular formula is C14H21ClN4O2. The SMILES string of the molecule is CNC(=O)c1ccc(C(=O)N2CC(CN)CC2C)cn1.Cl. The Labute approximate surface area is 130 Å². The first-order valence-electron chi connectivity index (χ1n) is 6.76. The van der Waals surface area contributed by atoms with Crippen LogP contribution in [-0.2, 0) is 0 Å². The Morgan fingerprint density at radius 1 is 1.48 bits per heavy atom. The van der Waals surface area contributed by atoms with Crippen molar-refractivity contribution in [1.29, 1.82) is 0 Å². The Bertz CT molecular complexity index is 506. The third-order valence-corrected chi connectivity index (χ3v) is 3.73. The number of pyridine rings is 1. The number of carbonyl (C=O) groups excluding carboxylic acids is 2. The van der Waals surface area contributed by atoms with E-state index in [0.29, 0.717) is 30.3 Å². The highest BCUT2D eigenvalue weighted by Crippen LogP contribution is 2.23. The molecule has 0 saturated carbocycles. The second-order valence-corrected chi connectivity index (χ2v) is 5.16. The summed E-state index contributed by atoms with van der Waals surface area (Å²) in [7, 11) is 1.54. The molecule has 0 bridgehead atoms. The van der Waals surface area contributed by atoms with Gasteiger partial charge in [-0.15, -0.1) is 12.4 Å². The van der Waals surface area contributed by atoms with Crippen molar-refractivity contribution in [2.24, 2.45) is 11.7 Å². The number of nitrogens with zero attached hydrogens (tertiary/aromatic N) is 2. The number of hydrogen-bond acceptors (Lipinski definition) is 4. The number of halogens is 1. The lowest BCUT2D eigenvalue weighted by molar-refractivity contribution is 0.0742. The van der Waals surface area contributed by atoms with Crippen LogP contribution in [0.25, 0.3) is 0 Å². The van der Waals surface area contributed by atoms with Gasteiger partial charge in [0.1, 0.15) is 5.69 Å². The van der Waals surface area contributed by atoms with Crippen molar-refractivity contribution in [1.82, 2.24) is 15.2 Å². The van der Waals surface area contributed by atoms with E-state index in [1.54, 1.807) is 19.2 Å². The summed E-state index contributed by atoms with van der Waals surface area (Å²) in [6.45, 7) is 3.32. The maximum absolute atomic E-state index is 12.4. The van der Waals surface area contributed by atoms with Crippen molar-refractivity contribution in [2.45, 2.75) is 19.4 Å². The van der Waals surface area contributed by atoms with Crippen molar-refractivity contribution in [3.63, 3.8) is 0 Å². The molecule has 1 fully saturated rings. The Morgan fingerprint density at radius 2 is 2.19 bits per heavy atom. The molecule has 0 radical (unpaired) electrons. The third-order valence-electron chi connectivity index (χ3n) is 3.73. The molecule has 6 nitrogen and oxygen atoms in total. The van der Waals surface area contributed by atoms with E-state index in [-0.39, 0.29) is 30.3 Å². The standard InChI is InChI=1S/C14H20N4O2.ClH/c1-9-5-10(6-15)8-18(9)14(20)11-3-4-12(17-7-11)13(19)16-2;/h3-4,7,9-10H,5-6,8,15H2,1-2H3,(H,16,19);1H. The van der Waals surface area contributed by atoms with E-state index in [4.69, 9.17) is 5.73 Å². The lowest BCUT2D eigenvalue weighted by Gasteiger charge is -2.21. The minimum atomic E-state index is -0.262. The summed E-state index contributed by atoms with van der Waals surface area (Å²) in [6, 6.07) is 3.39. The molecule has 2 amide bonds. The quantitative estimate of drug-likeness (QED) is 0.858. The average Bonchev–Trinajstić information content (AvgIpc) is 2.87. The molecule has 2 rings (SSSR count). The van der Waals surface area contributed by atoms with Crippen molar-refractivity contribution >= 4 is 24.2 Å². The summed E-state index contributed by atoms with van der Waals surface area (Å²) >= 11 is 0. The van der Waals surface area contributed by atoms with Gasteiger partial charge < -0.3 is 16.0 Å². The maximum Gasteiger partial charge on any atom is 0.269 e. The van der Waals surface area contributed by atoms with Gasteiger partial charge in [0.2, 0.25) is 0 Å². The van der Waals surface area contributed by atoms with Crippen molar-refractivity contribution in [2.75, 3.05) is 20.1 Å². The first-order valence-corrected chi connectivity index (χ1v) is 6.76. The molecule has 2 atom stereocenters. The third kappa shape index (κ3) is 3.71. The topological polar surface area (TPSA) is 88.3 Å². The van der Waals surface area contributed by atoms with Crippen LogP contribution in [0.2, 0.25) is 0 Å². The maximum atomic E-state index is 12.4. The predicted molar refractivity (Wildman–Crippen MR) is 82.5 cm³/mol. The summed E-state index contributed by atoms with van der Waals surface area (Å²) in [4.78, 5) is 29.7. The molecule has 0 spiro atoms. The van der Waals surface area contributed by atoms with Crippen molar-refractivity contribution in [3.8, 4) is 0 Å². The second kappa shape index (κ2) is 7.38. The van der Waals surface area contributed by atoms with E-state index >= 15 is 0 Å². The van der Waals surface area contributed by atoms with Gasteiger partial charge in [-0.2, -0.15) is 0 Å². The molecule has 1 aliphatic rings. The average molecular weight is 313 g/mol. The fraction of sp³-hybridized carbons (Fsp3) is 0.500. The fourth-order valence-electron chi connectivity index (χ4n) is 2.54. The predicted octanol–water partition coefficient (Wildman–Crippen LogP) is 0.672. The smallest absolute Gasteiger partial charge is 0.269 e. The van der Waals surface area contributed by atoms with E-state index in [1.807, 2.05) is 11.8 Å². The zero-order valence-corrected chi connectivity index (χ0v) is 13.0. The van der Waals surface area contributed by atoms with Crippen LogP contribution >= 0.6 is 12.4 Å². The largest absolute Gasteiger partial charge is 0.354 e. The fourth-order valence-corrected chi connectivity index (χ4v) is 2.54. The molecule has 7 heteroatoms. The molecule has 21 heavy (non-hydrogen) atoms. The number of likely N-dealkylation sites (tertiary alicyclic amines) is 1. The number of hydrogen-bond donors (Lipinski definition) is 2. The summed E-state index contributed by atoms with van der Waals surface area (Å²) in [5.41, 5.74) is 6.48. The summed E-state index contributed by atoms with van der Waals surface area (Å²) in [5.74, 6) is 0.0539. The molecule has 1 aromatic rings. The highest BCUT2D eigenvalue weighted by atomic mass is 35.5. The van der Waals surface area contributed by atoms with Crippen LogP contribution < -0.4 is 11.1 Å². The van der Waals surface area contributed by atoms with Crippen LogP contribution in [0.15, 0.2) is 18.3 Å². The van der Waals surface area contributed by atoms with Gasteiger partial charge in [0, 0.05) is 25.8 Å². The van der Waals surface area contributed by atoms with Crippen LogP contribution in [0.4, 0.5) is 0 Å². The molecule has 116 valence electrons. The molecular weight excluding hydrogens is 292 g/mol. The number of nitrogens with two attached hydrogens (primary N) is 1. The van der Waals surface area contributed by atoms with Crippen molar-refractivity contribution in [3.05, 3.63) is 29.6 Å². The first-order chi connectivity index (χ1) is 9.56. The molecule has 1 aliphatic heterocycles. The monoisotopic (exact) mass is 312 g/mol. The Balaban J connectivity index is 0.00000220. The van der Waals surface area contributed by atoms with E-state index in [1.165, 1.54) is 6.20 Å². The highest BCUT2D eigenvalue weighted by molar-refractivity contribution is 5.96. The molecule has 1 saturated heterocycles. The number of nitrogens with one attached hydrogen (secondary N) is 1. The number of carbonyl (C=O) groups is 2. The van der Waals surface area contributed by atoms with Gasteiger partial charge >= 0.3 is 0 Å². The molecule has 0 aliphatic carbocycles. The highest BCUT2D eigenvalue weighted by Gasteiger charge is 2.32. The zero-order valence-electron chi connectivity index (χ0n) is 12.2. The molecule has 3 N–H and O–H groups in total. The van der Waals surface area contributed by atoms with E-state index < -0.39 is 0 Å². The van der Waals surface area contributed by atoms with Gasteiger partial charge in [0.15, 0.2) is 0 Å². The van der Waals surface area contributed by atoms with E-state index in [2.05, 4.69) is 10.3 Å². The minimum absolute atomic E-state index is 0. The van der Waals surface area contributed by atoms with E-state index in [0.717, 1.165) is 6.42 Å². The Morgan fingerprint density at radius 3 is 2.67 bits per heavy atom. The van der Waals surface area contributed by atoms with E-state index in [9.17, 15) is 9.59 Å². The number of rotatable bonds is 3. The molecule has 0 aromatic carbocycles. The van der Waals surface area contributed by atoms with Crippen LogP contribution in [0.1, 0.15) is 34.2 Å². The van der Waals surface area contributed by atoms with Gasteiger partial charge in [-0.3, -0.25) is 14.6 Å². The first kappa shape index (κ1) is 17.4. The van der Waals surface area contributed by atoms with Crippen LogP contribution in [-0.4, -0.2) is 47.9 Å². The van der Waals surface area contributed by atoms with Crippen LogP contribution in [0, 0.1) is 5.92 Å². The van der Waals surface area contributed by atoms with Gasteiger partial charge in [-0.05, 0) is 37.9 Å². The number of amides is 2. The molecule has 1 aromatic heterocycles. The molecule has 2 heterocycles. The lowest BCUT2D eigenvalue weighted by atomic mass is 10.1. The second-order valence-electron chi connectivity index (χ2n) is 5.16. The summed E-state index contributed by atoms with van der Waals surface area (Å²) in [5, 5.41) is 2.49. The lowest BCUT2D eigenvalue weighted by Crippen LogP contribution is -2.34. The van der Waals surface area contributed by atoms with Gasteiger partial charge in [0.25, 0.3) is 11.8 Å². The summed E-state index contributed by atoms with van der Waals surface area (Å²) in [6.07, 6.45) is 2.39. The minimum Gasteiger partial charge on any atom is -0.354 e. The van der Waals surface area contributed by atoms with Gasteiger partial charge in [0.05, 0.1) is 5.56 Å². The zero-order chi connectivity index (χ0) is 14.7. The van der Waals surface area contributed by atoms with Gasteiger partial charge in [-0.25, -0.2) is 0 Å².